The zero-order valence-corrected chi connectivity index (χ0v) is 19.1. The summed E-state index contributed by atoms with van der Waals surface area (Å²) in [6, 6.07) is 10.6. The van der Waals surface area contributed by atoms with Gasteiger partial charge >= 0.3 is 0 Å². The van der Waals surface area contributed by atoms with Crippen molar-refractivity contribution in [3.8, 4) is 11.5 Å². The summed E-state index contributed by atoms with van der Waals surface area (Å²) in [4.78, 5) is 28.4. The molecular weight excluding hydrogens is 424 g/mol. The van der Waals surface area contributed by atoms with Crippen LogP contribution in [-0.2, 0) is 4.79 Å². The first kappa shape index (κ1) is 22.9. The van der Waals surface area contributed by atoms with Crippen molar-refractivity contribution in [2.45, 2.75) is 25.1 Å². The molecular formula is C24H30N4O5. The van der Waals surface area contributed by atoms with Crippen LogP contribution < -0.4 is 20.1 Å². The predicted octanol–water partition coefficient (Wildman–Crippen LogP) is 2.10. The number of nitrogens with zero attached hydrogens (tertiary/aromatic N) is 2. The fourth-order valence-electron chi connectivity index (χ4n) is 4.18. The van der Waals surface area contributed by atoms with Crippen LogP contribution in [-0.4, -0.2) is 73.7 Å². The molecule has 4 rings (SSSR count). The van der Waals surface area contributed by atoms with Crippen molar-refractivity contribution in [3.05, 3.63) is 47.5 Å². The Morgan fingerprint density at radius 2 is 2.03 bits per heavy atom. The quantitative estimate of drug-likeness (QED) is 0.561. The van der Waals surface area contributed by atoms with E-state index in [0.717, 1.165) is 6.54 Å². The fourth-order valence-corrected chi connectivity index (χ4v) is 4.18. The Balaban J connectivity index is 1.61. The maximum atomic E-state index is 13.4. The predicted molar refractivity (Wildman–Crippen MR) is 124 cm³/mol. The molecule has 2 atom stereocenters. The molecule has 2 aliphatic rings. The van der Waals surface area contributed by atoms with E-state index in [2.05, 4.69) is 10.6 Å². The number of carbonyl (C=O) groups excluding carboxylic acids is 2. The third-order valence-electron chi connectivity index (χ3n) is 5.97. The van der Waals surface area contributed by atoms with E-state index >= 15 is 0 Å². The number of ether oxygens (including phenoxy) is 2. The van der Waals surface area contributed by atoms with Crippen molar-refractivity contribution >= 4 is 23.2 Å². The fraction of sp³-hybridized carbons (Fsp3) is 0.417. The summed E-state index contributed by atoms with van der Waals surface area (Å²) in [5.41, 5.74) is 2.25. The molecule has 0 radical (unpaired) electrons. The normalized spacial score (nSPS) is 20.0. The molecule has 2 aromatic carbocycles. The van der Waals surface area contributed by atoms with Gasteiger partial charge in [-0.05, 0) is 38.7 Å². The molecule has 0 aliphatic carbocycles. The van der Waals surface area contributed by atoms with Crippen LogP contribution in [0.25, 0.3) is 0 Å². The number of hydrogen-bond acceptors (Lipinski definition) is 7. The lowest BCUT2D eigenvalue weighted by molar-refractivity contribution is -0.123. The Morgan fingerprint density at radius 3 is 2.73 bits per heavy atom. The van der Waals surface area contributed by atoms with Gasteiger partial charge < -0.3 is 35.0 Å². The molecule has 176 valence electrons. The van der Waals surface area contributed by atoms with E-state index in [4.69, 9.17) is 9.47 Å². The zero-order chi connectivity index (χ0) is 23.5. The molecule has 2 aromatic rings. The monoisotopic (exact) mass is 454 g/mol. The second-order valence-electron chi connectivity index (χ2n) is 8.49. The van der Waals surface area contributed by atoms with Crippen molar-refractivity contribution < 1.29 is 24.2 Å². The van der Waals surface area contributed by atoms with E-state index in [-0.39, 0.29) is 17.9 Å². The van der Waals surface area contributed by atoms with Gasteiger partial charge in [0.2, 0.25) is 5.91 Å². The van der Waals surface area contributed by atoms with Crippen molar-refractivity contribution in [3.63, 3.8) is 0 Å². The number of fused-ring (bicyclic) bond motifs is 1. The summed E-state index contributed by atoms with van der Waals surface area (Å²) in [5.74, 6) is 0.973. The standard InChI is InChI=1S/C24H30N4O5/c1-27(2)11-12-33-20-13-16(32-3)8-9-18(20)26-19-6-4-5-17-22(19)24(31)28(23(17)30)15-7-10-21(29)25-14-15/h4-6,8-9,13,15,23,26,30H,7,10-12,14H2,1-3H3,(H,25,29). The van der Waals surface area contributed by atoms with Crippen molar-refractivity contribution in [1.82, 2.24) is 15.1 Å². The van der Waals surface area contributed by atoms with E-state index in [0.29, 0.717) is 60.0 Å². The van der Waals surface area contributed by atoms with Crippen LogP contribution >= 0.6 is 0 Å². The van der Waals surface area contributed by atoms with Gasteiger partial charge in [0.1, 0.15) is 18.1 Å². The van der Waals surface area contributed by atoms with E-state index < -0.39 is 6.23 Å². The van der Waals surface area contributed by atoms with Crippen LogP contribution in [0.5, 0.6) is 11.5 Å². The molecule has 9 heteroatoms. The molecule has 0 aromatic heterocycles. The highest BCUT2D eigenvalue weighted by atomic mass is 16.5. The lowest BCUT2D eigenvalue weighted by Crippen LogP contribution is -2.49. The Bertz CT molecular complexity index is 1030. The van der Waals surface area contributed by atoms with E-state index in [9.17, 15) is 14.7 Å². The number of aliphatic hydroxyl groups is 1. The van der Waals surface area contributed by atoms with Gasteiger partial charge in [0, 0.05) is 31.1 Å². The molecule has 2 amide bonds. The highest BCUT2D eigenvalue weighted by Crippen LogP contribution is 2.40. The lowest BCUT2D eigenvalue weighted by Gasteiger charge is -2.33. The van der Waals surface area contributed by atoms with Gasteiger partial charge in [0.25, 0.3) is 5.91 Å². The average molecular weight is 455 g/mol. The molecule has 2 unspecified atom stereocenters. The van der Waals surface area contributed by atoms with E-state index in [1.165, 1.54) is 4.90 Å². The highest BCUT2D eigenvalue weighted by Gasteiger charge is 2.42. The van der Waals surface area contributed by atoms with Crippen LogP contribution in [0.4, 0.5) is 11.4 Å². The SMILES string of the molecule is COc1ccc(Nc2cccc3c2C(=O)N(C2CCC(=O)NC2)C3O)c(OCCN(C)C)c1. The number of benzene rings is 2. The molecule has 9 nitrogen and oxygen atoms in total. The van der Waals surface area contributed by atoms with Crippen LogP contribution in [0, 0.1) is 0 Å². The molecule has 0 bridgehead atoms. The number of amides is 2. The summed E-state index contributed by atoms with van der Waals surface area (Å²) < 4.78 is 11.3. The van der Waals surface area contributed by atoms with Crippen molar-refractivity contribution in [1.29, 1.82) is 0 Å². The first-order valence-electron chi connectivity index (χ1n) is 11.0. The number of nitrogens with one attached hydrogen (secondary N) is 2. The van der Waals surface area contributed by atoms with Crippen molar-refractivity contribution in [2.24, 2.45) is 0 Å². The Morgan fingerprint density at radius 1 is 1.21 bits per heavy atom. The minimum Gasteiger partial charge on any atom is -0.497 e. The minimum absolute atomic E-state index is 0.0337. The third-order valence-corrected chi connectivity index (χ3v) is 5.97. The number of piperidine rings is 1. The Kier molecular flexibility index (Phi) is 6.71. The lowest BCUT2D eigenvalue weighted by atomic mass is 10.1. The van der Waals surface area contributed by atoms with Gasteiger partial charge in [-0.2, -0.15) is 0 Å². The second kappa shape index (κ2) is 9.68. The molecule has 2 aliphatic heterocycles. The van der Waals surface area contributed by atoms with Gasteiger partial charge in [-0.15, -0.1) is 0 Å². The minimum atomic E-state index is -1.05. The highest BCUT2D eigenvalue weighted by molar-refractivity contribution is 6.05. The number of hydrogen-bond donors (Lipinski definition) is 3. The number of aliphatic hydroxyl groups excluding tert-OH is 1. The molecule has 3 N–H and O–H groups in total. The second-order valence-corrected chi connectivity index (χ2v) is 8.49. The van der Waals surface area contributed by atoms with Crippen LogP contribution in [0.1, 0.15) is 35.0 Å². The van der Waals surface area contributed by atoms with Gasteiger partial charge in [0.05, 0.1) is 30.1 Å². The molecule has 1 fully saturated rings. The summed E-state index contributed by atoms with van der Waals surface area (Å²) in [5, 5.41) is 17.0. The Labute approximate surface area is 193 Å². The maximum absolute atomic E-state index is 13.4. The molecule has 33 heavy (non-hydrogen) atoms. The smallest absolute Gasteiger partial charge is 0.259 e. The summed E-state index contributed by atoms with van der Waals surface area (Å²) in [6.45, 7) is 1.57. The molecule has 1 saturated heterocycles. The average Bonchev–Trinajstić information content (AvgIpc) is 3.06. The zero-order valence-electron chi connectivity index (χ0n) is 19.1. The third kappa shape index (κ3) is 4.74. The topological polar surface area (TPSA) is 103 Å². The van der Waals surface area contributed by atoms with E-state index in [1.54, 1.807) is 25.3 Å². The van der Waals surface area contributed by atoms with Crippen LogP contribution in [0.2, 0.25) is 0 Å². The molecule has 2 heterocycles. The summed E-state index contributed by atoms with van der Waals surface area (Å²) >= 11 is 0. The van der Waals surface area contributed by atoms with Gasteiger partial charge in [-0.25, -0.2) is 0 Å². The summed E-state index contributed by atoms with van der Waals surface area (Å²) in [7, 11) is 5.54. The maximum Gasteiger partial charge on any atom is 0.259 e. The van der Waals surface area contributed by atoms with Crippen molar-refractivity contribution in [2.75, 3.05) is 46.2 Å². The number of carbonyl (C=O) groups is 2. The number of methoxy groups -OCH3 is 1. The largest absolute Gasteiger partial charge is 0.497 e. The number of likely N-dealkylation sites (N-methyl/N-ethyl adjacent to an activating group) is 1. The van der Waals surface area contributed by atoms with Gasteiger partial charge in [-0.3, -0.25) is 9.59 Å². The molecule has 0 spiro atoms. The van der Waals surface area contributed by atoms with Gasteiger partial charge in [0.15, 0.2) is 6.23 Å². The van der Waals surface area contributed by atoms with E-state index in [1.807, 2.05) is 37.2 Å². The first-order valence-corrected chi connectivity index (χ1v) is 11.0. The first-order chi connectivity index (χ1) is 15.9. The molecule has 0 saturated carbocycles. The number of rotatable bonds is 8. The van der Waals surface area contributed by atoms with Crippen LogP contribution in [0.15, 0.2) is 36.4 Å². The summed E-state index contributed by atoms with van der Waals surface area (Å²) in [6.07, 6.45) is -0.198. The van der Waals surface area contributed by atoms with Gasteiger partial charge in [-0.1, -0.05) is 12.1 Å². The van der Waals surface area contributed by atoms with Crippen LogP contribution in [0.3, 0.4) is 0 Å². The Hall–Kier alpha value is -3.30. The number of anilines is 2.